The van der Waals surface area contributed by atoms with Gasteiger partial charge in [-0.1, -0.05) is 18.5 Å². The fraction of sp³-hybridized carbons (Fsp3) is 0.500. The zero-order valence-electron chi connectivity index (χ0n) is 10.2. The Bertz CT molecular complexity index is 474. The summed E-state index contributed by atoms with van der Waals surface area (Å²) in [5, 5.41) is 2.26. The van der Waals surface area contributed by atoms with E-state index in [1.165, 1.54) is 18.4 Å². The number of hydrogen-bond acceptors (Lipinski definition) is 4. The van der Waals surface area contributed by atoms with E-state index in [0.717, 1.165) is 0 Å². The molecule has 2 rings (SSSR count). The van der Waals surface area contributed by atoms with Gasteiger partial charge in [0.25, 0.3) is 5.91 Å². The van der Waals surface area contributed by atoms with Crippen molar-refractivity contribution in [2.75, 3.05) is 20.2 Å². The monoisotopic (exact) mass is 287 g/mol. The average molecular weight is 288 g/mol. The topological polar surface area (TPSA) is 46.6 Å². The Morgan fingerprint density at radius 3 is 2.78 bits per heavy atom. The van der Waals surface area contributed by atoms with Gasteiger partial charge in [0.05, 0.1) is 18.1 Å². The van der Waals surface area contributed by atoms with Crippen molar-refractivity contribution in [3.8, 4) is 0 Å². The molecule has 1 amide bonds. The summed E-state index contributed by atoms with van der Waals surface area (Å²) in [6.07, 6.45) is 0. The summed E-state index contributed by atoms with van der Waals surface area (Å²) in [7, 11) is 1.37. The Hall–Kier alpha value is -1.07. The van der Waals surface area contributed by atoms with E-state index in [0.29, 0.717) is 23.0 Å². The van der Waals surface area contributed by atoms with Crippen LogP contribution >= 0.6 is 22.9 Å². The van der Waals surface area contributed by atoms with E-state index in [2.05, 4.69) is 0 Å². The van der Waals surface area contributed by atoms with Crippen LogP contribution in [-0.4, -0.2) is 37.0 Å². The van der Waals surface area contributed by atoms with E-state index in [9.17, 15) is 9.59 Å². The third-order valence-corrected chi connectivity index (χ3v) is 4.54. The molecule has 6 heteroatoms. The average Bonchev–Trinajstić information content (AvgIpc) is 2.93. The van der Waals surface area contributed by atoms with Crippen LogP contribution in [0.4, 0.5) is 0 Å². The lowest BCUT2D eigenvalue weighted by atomic mass is 9.99. The Labute approximate surface area is 114 Å². The quantitative estimate of drug-likeness (QED) is 0.784. The summed E-state index contributed by atoms with van der Waals surface area (Å²) in [5.41, 5.74) is 0. The minimum absolute atomic E-state index is 0.103. The van der Waals surface area contributed by atoms with Crippen LogP contribution in [0, 0.1) is 11.8 Å². The summed E-state index contributed by atoms with van der Waals surface area (Å²) in [4.78, 5) is 26.0. The summed E-state index contributed by atoms with van der Waals surface area (Å²) in [6, 6.07) is 1.71. The van der Waals surface area contributed by atoms with E-state index in [-0.39, 0.29) is 23.7 Å². The van der Waals surface area contributed by atoms with Gasteiger partial charge in [-0.2, -0.15) is 0 Å². The van der Waals surface area contributed by atoms with Crippen molar-refractivity contribution in [1.29, 1.82) is 0 Å². The molecule has 4 nitrogen and oxygen atoms in total. The largest absolute Gasteiger partial charge is 0.469 e. The van der Waals surface area contributed by atoms with Crippen molar-refractivity contribution >= 4 is 34.8 Å². The molecule has 18 heavy (non-hydrogen) atoms. The molecule has 0 aromatic carbocycles. The van der Waals surface area contributed by atoms with E-state index in [1.54, 1.807) is 16.3 Å². The molecule has 98 valence electrons. The predicted molar refractivity (Wildman–Crippen MR) is 69.9 cm³/mol. The second kappa shape index (κ2) is 5.28. The zero-order valence-corrected chi connectivity index (χ0v) is 11.8. The molecule has 0 aliphatic carbocycles. The third kappa shape index (κ3) is 2.37. The van der Waals surface area contributed by atoms with Crippen molar-refractivity contribution < 1.29 is 14.3 Å². The standard InChI is InChI=1S/C12H14ClNO3S/c1-7-5-14(6-8(7)12(16)17-2)11(15)10-9(13)3-4-18-10/h3-4,7-8H,5-6H2,1-2H3. The molecule has 2 unspecified atom stereocenters. The lowest BCUT2D eigenvalue weighted by Crippen LogP contribution is -2.29. The first-order valence-electron chi connectivity index (χ1n) is 5.64. The number of halogens is 1. The van der Waals surface area contributed by atoms with Gasteiger partial charge >= 0.3 is 5.97 Å². The lowest BCUT2D eigenvalue weighted by molar-refractivity contribution is -0.145. The van der Waals surface area contributed by atoms with Gasteiger partial charge in [-0.3, -0.25) is 9.59 Å². The number of nitrogens with zero attached hydrogens (tertiary/aromatic N) is 1. The van der Waals surface area contributed by atoms with E-state index in [1.807, 2.05) is 6.92 Å². The molecule has 0 spiro atoms. The van der Waals surface area contributed by atoms with Crippen LogP contribution in [0.2, 0.25) is 5.02 Å². The molecule has 1 aromatic heterocycles. The van der Waals surface area contributed by atoms with Gasteiger partial charge in [0.2, 0.25) is 0 Å². The van der Waals surface area contributed by atoms with E-state index in [4.69, 9.17) is 16.3 Å². The molecule has 0 saturated carbocycles. The van der Waals surface area contributed by atoms with Crippen LogP contribution in [0.5, 0.6) is 0 Å². The van der Waals surface area contributed by atoms with Gasteiger partial charge in [-0.05, 0) is 17.4 Å². The molecule has 1 aliphatic rings. The molecule has 2 heterocycles. The Kier molecular flexibility index (Phi) is 3.92. The van der Waals surface area contributed by atoms with Crippen molar-refractivity contribution in [1.82, 2.24) is 4.90 Å². The molecule has 1 saturated heterocycles. The van der Waals surface area contributed by atoms with Crippen molar-refractivity contribution in [3.05, 3.63) is 21.3 Å². The van der Waals surface area contributed by atoms with E-state index < -0.39 is 0 Å². The summed E-state index contributed by atoms with van der Waals surface area (Å²) >= 11 is 7.27. The van der Waals surface area contributed by atoms with Gasteiger partial charge in [0.15, 0.2) is 0 Å². The SMILES string of the molecule is COC(=O)C1CN(C(=O)c2sccc2Cl)CC1C. The van der Waals surface area contributed by atoms with Crippen LogP contribution in [0.15, 0.2) is 11.4 Å². The fourth-order valence-electron chi connectivity index (χ4n) is 2.18. The Morgan fingerprint density at radius 1 is 1.50 bits per heavy atom. The maximum Gasteiger partial charge on any atom is 0.310 e. The van der Waals surface area contributed by atoms with Gasteiger partial charge in [-0.25, -0.2) is 0 Å². The second-order valence-corrected chi connectivity index (χ2v) is 5.74. The maximum atomic E-state index is 12.2. The number of esters is 1. The molecule has 1 aromatic rings. The first-order chi connectivity index (χ1) is 8.54. The van der Waals surface area contributed by atoms with Gasteiger partial charge < -0.3 is 9.64 Å². The number of likely N-dealkylation sites (tertiary alicyclic amines) is 1. The smallest absolute Gasteiger partial charge is 0.310 e. The van der Waals surface area contributed by atoms with Gasteiger partial charge in [-0.15, -0.1) is 11.3 Å². The minimum atomic E-state index is -0.255. The number of carbonyl (C=O) groups is 2. The van der Waals surface area contributed by atoms with Gasteiger partial charge in [0.1, 0.15) is 4.88 Å². The highest BCUT2D eigenvalue weighted by atomic mass is 35.5. The zero-order chi connectivity index (χ0) is 13.3. The highest BCUT2D eigenvalue weighted by Gasteiger charge is 2.38. The third-order valence-electron chi connectivity index (χ3n) is 3.21. The van der Waals surface area contributed by atoms with Crippen LogP contribution in [0.25, 0.3) is 0 Å². The van der Waals surface area contributed by atoms with Crippen molar-refractivity contribution in [2.24, 2.45) is 11.8 Å². The normalized spacial score (nSPS) is 23.2. The number of carbonyl (C=O) groups excluding carboxylic acids is 2. The number of ether oxygens (including phenoxy) is 1. The maximum absolute atomic E-state index is 12.2. The predicted octanol–water partition coefficient (Wildman–Crippen LogP) is 2.28. The summed E-state index contributed by atoms with van der Waals surface area (Å²) in [5.74, 6) is -0.485. The van der Waals surface area contributed by atoms with E-state index >= 15 is 0 Å². The Morgan fingerprint density at radius 2 is 2.22 bits per heavy atom. The van der Waals surface area contributed by atoms with Crippen LogP contribution in [0.3, 0.4) is 0 Å². The molecular weight excluding hydrogens is 274 g/mol. The minimum Gasteiger partial charge on any atom is -0.469 e. The first kappa shape index (κ1) is 13.4. The highest BCUT2D eigenvalue weighted by molar-refractivity contribution is 7.12. The Balaban J connectivity index is 2.11. The number of methoxy groups -OCH3 is 1. The van der Waals surface area contributed by atoms with Crippen molar-refractivity contribution in [3.63, 3.8) is 0 Å². The molecule has 2 atom stereocenters. The molecule has 1 aliphatic heterocycles. The number of thiophene rings is 1. The van der Waals surface area contributed by atoms with Crippen molar-refractivity contribution in [2.45, 2.75) is 6.92 Å². The van der Waals surface area contributed by atoms with Gasteiger partial charge in [0, 0.05) is 13.1 Å². The molecule has 0 radical (unpaired) electrons. The lowest BCUT2D eigenvalue weighted by Gasteiger charge is -2.15. The summed E-state index contributed by atoms with van der Waals surface area (Å²) < 4.78 is 4.75. The molecular formula is C12H14ClNO3S. The molecule has 0 N–H and O–H groups in total. The fourth-order valence-corrected chi connectivity index (χ4v) is 3.28. The number of rotatable bonds is 2. The summed E-state index contributed by atoms with van der Waals surface area (Å²) in [6.45, 7) is 2.92. The molecule has 0 bridgehead atoms. The number of hydrogen-bond donors (Lipinski definition) is 0. The highest BCUT2D eigenvalue weighted by Crippen LogP contribution is 2.29. The first-order valence-corrected chi connectivity index (χ1v) is 6.90. The number of amides is 1. The van der Waals surface area contributed by atoms with Crippen LogP contribution in [-0.2, 0) is 9.53 Å². The van der Waals surface area contributed by atoms with Crippen LogP contribution in [0.1, 0.15) is 16.6 Å². The second-order valence-electron chi connectivity index (χ2n) is 4.41. The van der Waals surface area contributed by atoms with Crippen LogP contribution < -0.4 is 0 Å². The molecule has 1 fully saturated rings.